The van der Waals surface area contributed by atoms with Gasteiger partial charge in [0.05, 0.1) is 0 Å². The maximum absolute atomic E-state index is 12.5. The highest BCUT2D eigenvalue weighted by Crippen LogP contribution is 2.20. The van der Waals surface area contributed by atoms with Crippen LogP contribution in [-0.4, -0.2) is 36.6 Å². The van der Waals surface area contributed by atoms with Gasteiger partial charge in [0.25, 0.3) is 5.91 Å². The van der Waals surface area contributed by atoms with E-state index in [1.165, 1.54) is 0 Å². The van der Waals surface area contributed by atoms with Crippen molar-refractivity contribution in [2.24, 2.45) is 0 Å². The van der Waals surface area contributed by atoms with E-state index in [9.17, 15) is 14.4 Å². The lowest BCUT2D eigenvalue weighted by molar-refractivity contribution is -0.130. The van der Waals surface area contributed by atoms with Gasteiger partial charge in [-0.2, -0.15) is 0 Å². The van der Waals surface area contributed by atoms with Crippen LogP contribution in [0.2, 0.25) is 0 Å². The van der Waals surface area contributed by atoms with E-state index in [0.29, 0.717) is 17.7 Å². The molecule has 3 rings (SSSR count). The second-order valence-electron chi connectivity index (χ2n) is 7.39. The van der Waals surface area contributed by atoms with Gasteiger partial charge < -0.3 is 10.2 Å². The zero-order valence-corrected chi connectivity index (χ0v) is 17.8. The fourth-order valence-corrected chi connectivity index (χ4v) is 3.30. The minimum Gasteiger partial charge on any atom is -0.355 e. The van der Waals surface area contributed by atoms with Crippen molar-refractivity contribution < 1.29 is 14.4 Å². The van der Waals surface area contributed by atoms with Crippen LogP contribution in [0.3, 0.4) is 0 Å². The summed E-state index contributed by atoms with van der Waals surface area (Å²) in [7, 11) is 3.30. The number of carbonyl (C=O) groups excluding carboxylic acids is 3. The van der Waals surface area contributed by atoms with Crippen molar-refractivity contribution in [3.05, 3.63) is 95.6 Å². The second kappa shape index (κ2) is 10.3. The number of rotatable bonds is 8. The van der Waals surface area contributed by atoms with E-state index in [1.807, 2.05) is 66.7 Å². The number of carbonyl (C=O) groups is 3. The molecular formula is C26H26N2O3. The normalized spacial score (nSPS) is 10.4. The molecule has 158 valence electrons. The molecule has 0 unspecified atom stereocenters. The molecular weight excluding hydrogens is 388 g/mol. The van der Waals surface area contributed by atoms with E-state index in [-0.39, 0.29) is 30.4 Å². The highest BCUT2D eigenvalue weighted by molar-refractivity contribution is 5.98. The summed E-state index contributed by atoms with van der Waals surface area (Å²) in [6, 6.07) is 24.6. The van der Waals surface area contributed by atoms with E-state index in [0.717, 1.165) is 16.7 Å². The Balaban J connectivity index is 1.51. The lowest BCUT2D eigenvalue weighted by atomic mass is 10.0. The SMILES string of the molecule is CNC(=O)c1ccc(CN(C)C(=O)CCC(=O)c2ccc(-c3ccccc3)cc2)cc1. The van der Waals surface area contributed by atoms with Crippen LogP contribution in [0.5, 0.6) is 0 Å². The summed E-state index contributed by atoms with van der Waals surface area (Å²) in [5.74, 6) is -0.285. The standard InChI is InChI=1S/C26H26N2O3/c1-27-26(31)23-10-8-19(9-11-23)18-28(2)25(30)17-16-24(29)22-14-12-21(13-15-22)20-6-4-3-5-7-20/h3-15H,16-18H2,1-2H3,(H,27,31). The van der Waals surface area contributed by atoms with Crippen molar-refractivity contribution in [3.8, 4) is 11.1 Å². The highest BCUT2D eigenvalue weighted by atomic mass is 16.2. The van der Waals surface area contributed by atoms with Crippen molar-refractivity contribution in [1.29, 1.82) is 0 Å². The van der Waals surface area contributed by atoms with Crippen molar-refractivity contribution in [1.82, 2.24) is 10.2 Å². The zero-order chi connectivity index (χ0) is 22.2. The molecule has 5 nitrogen and oxygen atoms in total. The molecule has 0 fully saturated rings. The molecule has 0 heterocycles. The van der Waals surface area contributed by atoms with E-state index in [2.05, 4.69) is 5.32 Å². The predicted molar refractivity (Wildman–Crippen MR) is 122 cm³/mol. The molecule has 0 saturated heterocycles. The second-order valence-corrected chi connectivity index (χ2v) is 7.39. The molecule has 31 heavy (non-hydrogen) atoms. The van der Waals surface area contributed by atoms with E-state index in [1.54, 1.807) is 31.1 Å². The maximum atomic E-state index is 12.5. The first-order valence-corrected chi connectivity index (χ1v) is 10.2. The Kier molecular flexibility index (Phi) is 7.33. The summed E-state index contributed by atoms with van der Waals surface area (Å²) in [4.78, 5) is 38.2. The van der Waals surface area contributed by atoms with Crippen LogP contribution >= 0.6 is 0 Å². The minimum absolute atomic E-state index is 0.0451. The van der Waals surface area contributed by atoms with Gasteiger partial charge in [0.15, 0.2) is 5.78 Å². The number of nitrogens with zero attached hydrogens (tertiary/aromatic N) is 1. The summed E-state index contributed by atoms with van der Waals surface area (Å²) >= 11 is 0. The summed E-state index contributed by atoms with van der Waals surface area (Å²) in [6.45, 7) is 0.423. The number of Topliss-reactive ketones (excluding diaryl/α,β-unsaturated/α-hetero) is 1. The molecule has 0 atom stereocenters. The number of ketones is 1. The van der Waals surface area contributed by atoms with Crippen molar-refractivity contribution in [2.45, 2.75) is 19.4 Å². The summed E-state index contributed by atoms with van der Waals surface area (Å²) in [5.41, 5.74) is 4.26. The third-order valence-corrected chi connectivity index (χ3v) is 5.17. The van der Waals surface area contributed by atoms with Gasteiger partial charge >= 0.3 is 0 Å². The fraction of sp³-hybridized carbons (Fsp3) is 0.192. The molecule has 0 radical (unpaired) electrons. The number of amides is 2. The summed E-state index contributed by atoms with van der Waals surface area (Å²) in [6.07, 6.45) is 0.329. The lowest BCUT2D eigenvalue weighted by Gasteiger charge is -2.17. The summed E-state index contributed by atoms with van der Waals surface area (Å²) in [5, 5.41) is 2.58. The van der Waals surface area contributed by atoms with Crippen LogP contribution in [0.15, 0.2) is 78.9 Å². The van der Waals surface area contributed by atoms with Crippen LogP contribution < -0.4 is 5.32 Å². The van der Waals surface area contributed by atoms with Gasteiger partial charge in [0.2, 0.25) is 5.91 Å². The zero-order valence-electron chi connectivity index (χ0n) is 17.8. The first kappa shape index (κ1) is 22.0. The molecule has 0 aliphatic heterocycles. The van der Waals surface area contributed by atoms with E-state index in [4.69, 9.17) is 0 Å². The van der Waals surface area contributed by atoms with Gasteiger partial charge in [0, 0.05) is 44.6 Å². The number of hydrogen-bond acceptors (Lipinski definition) is 3. The molecule has 0 saturated carbocycles. The van der Waals surface area contributed by atoms with E-state index >= 15 is 0 Å². The van der Waals surface area contributed by atoms with Crippen LogP contribution in [0.4, 0.5) is 0 Å². The van der Waals surface area contributed by atoms with Gasteiger partial charge in [-0.1, -0.05) is 66.7 Å². The smallest absolute Gasteiger partial charge is 0.251 e. The summed E-state index contributed by atoms with van der Waals surface area (Å²) < 4.78 is 0. The first-order valence-electron chi connectivity index (χ1n) is 10.2. The van der Waals surface area contributed by atoms with Crippen molar-refractivity contribution >= 4 is 17.6 Å². The molecule has 0 spiro atoms. The molecule has 0 aliphatic carbocycles. The lowest BCUT2D eigenvalue weighted by Crippen LogP contribution is -2.26. The maximum Gasteiger partial charge on any atom is 0.251 e. The number of hydrogen-bond donors (Lipinski definition) is 1. The molecule has 0 aliphatic rings. The molecule has 0 bridgehead atoms. The van der Waals surface area contributed by atoms with Crippen molar-refractivity contribution in [2.75, 3.05) is 14.1 Å². The Morgan fingerprint density at radius 3 is 1.94 bits per heavy atom. The molecule has 3 aromatic rings. The van der Waals surface area contributed by atoms with Gasteiger partial charge in [-0.15, -0.1) is 0 Å². The number of benzene rings is 3. The highest BCUT2D eigenvalue weighted by Gasteiger charge is 2.14. The average Bonchev–Trinajstić information content (AvgIpc) is 2.82. The molecule has 0 aromatic heterocycles. The topological polar surface area (TPSA) is 66.5 Å². The molecule has 1 N–H and O–H groups in total. The quantitative estimate of drug-likeness (QED) is 0.558. The van der Waals surface area contributed by atoms with E-state index < -0.39 is 0 Å². The Morgan fingerprint density at radius 1 is 0.742 bits per heavy atom. The molecule has 2 amide bonds. The average molecular weight is 415 g/mol. The van der Waals surface area contributed by atoms with Crippen LogP contribution in [0.25, 0.3) is 11.1 Å². The van der Waals surface area contributed by atoms with Gasteiger partial charge in [-0.05, 0) is 28.8 Å². The van der Waals surface area contributed by atoms with Gasteiger partial charge in [-0.25, -0.2) is 0 Å². The van der Waals surface area contributed by atoms with Gasteiger partial charge in [0.1, 0.15) is 0 Å². The largest absolute Gasteiger partial charge is 0.355 e. The fourth-order valence-electron chi connectivity index (χ4n) is 3.30. The minimum atomic E-state index is -0.147. The third-order valence-electron chi connectivity index (χ3n) is 5.17. The third kappa shape index (κ3) is 5.89. The molecule has 5 heteroatoms. The van der Waals surface area contributed by atoms with Crippen LogP contribution in [-0.2, 0) is 11.3 Å². The van der Waals surface area contributed by atoms with Crippen molar-refractivity contribution in [3.63, 3.8) is 0 Å². The Bertz CT molecular complexity index is 1040. The Morgan fingerprint density at radius 2 is 1.32 bits per heavy atom. The van der Waals surface area contributed by atoms with Gasteiger partial charge in [-0.3, -0.25) is 14.4 Å². The predicted octanol–water partition coefficient (Wildman–Crippen LogP) is 4.33. The number of nitrogens with one attached hydrogen (secondary N) is 1. The monoisotopic (exact) mass is 414 g/mol. The Labute approximate surface area is 182 Å². The first-order chi connectivity index (χ1) is 15.0. The molecule has 3 aromatic carbocycles. The van der Waals surface area contributed by atoms with Crippen LogP contribution in [0.1, 0.15) is 39.1 Å². The Hall–Kier alpha value is -3.73. The van der Waals surface area contributed by atoms with Crippen LogP contribution in [0, 0.1) is 0 Å².